The molecule has 1 fully saturated rings. The fourth-order valence-electron chi connectivity index (χ4n) is 1.99. The summed E-state index contributed by atoms with van der Waals surface area (Å²) in [4.78, 5) is 0. The zero-order valence-corrected chi connectivity index (χ0v) is 10.7. The van der Waals surface area contributed by atoms with Gasteiger partial charge in [0.1, 0.15) is 5.54 Å². The van der Waals surface area contributed by atoms with Gasteiger partial charge in [0.2, 0.25) is 0 Å². The van der Waals surface area contributed by atoms with Gasteiger partial charge in [0, 0.05) is 6.54 Å². The molecule has 0 heterocycles. The maximum Gasteiger partial charge on any atom is 0.416 e. The molecule has 0 aliphatic heterocycles. The summed E-state index contributed by atoms with van der Waals surface area (Å²) < 4.78 is 75.1. The van der Waals surface area contributed by atoms with Crippen molar-refractivity contribution >= 4 is 0 Å². The molecule has 118 valence electrons. The van der Waals surface area contributed by atoms with E-state index >= 15 is 0 Å². The highest BCUT2D eigenvalue weighted by molar-refractivity contribution is 5.26. The number of nitrogens with one attached hydrogen (secondary N) is 1. The highest BCUT2D eigenvalue weighted by atomic mass is 19.4. The lowest BCUT2D eigenvalue weighted by Crippen LogP contribution is -2.46. The number of benzene rings is 1. The number of aliphatic hydroxyl groups is 1. The Morgan fingerprint density at radius 3 is 1.95 bits per heavy atom. The number of β-amino-alcohol motifs (C(OH)–C–C–N with tert-alkyl or cyclic N) is 1. The highest BCUT2D eigenvalue weighted by Crippen LogP contribution is 2.49. The number of rotatable bonds is 4. The molecule has 21 heavy (non-hydrogen) atoms. The molecule has 0 amide bonds. The Balaban J connectivity index is 1.97. The van der Waals surface area contributed by atoms with E-state index in [4.69, 9.17) is 0 Å². The third kappa shape index (κ3) is 3.49. The minimum absolute atomic E-state index is 0.0593. The molecule has 0 saturated heterocycles. The van der Waals surface area contributed by atoms with Gasteiger partial charge >= 0.3 is 12.4 Å². The van der Waals surface area contributed by atoms with Gasteiger partial charge in [0.25, 0.3) is 0 Å². The molecule has 1 saturated carbocycles. The van der Waals surface area contributed by atoms with Gasteiger partial charge < -0.3 is 10.4 Å². The van der Waals surface area contributed by atoms with E-state index < -0.39 is 29.6 Å². The van der Waals surface area contributed by atoms with Gasteiger partial charge in [-0.05, 0) is 30.5 Å². The third-order valence-corrected chi connectivity index (χ3v) is 3.55. The Kier molecular flexibility index (Phi) is 3.96. The van der Waals surface area contributed by atoms with Crippen LogP contribution in [0.5, 0.6) is 0 Å². The second-order valence-electron chi connectivity index (χ2n) is 5.10. The summed E-state index contributed by atoms with van der Waals surface area (Å²) in [7, 11) is 0. The highest BCUT2D eigenvalue weighted by Gasteiger charge is 2.63. The van der Waals surface area contributed by atoms with Crippen molar-refractivity contribution in [2.75, 3.05) is 6.54 Å². The summed E-state index contributed by atoms with van der Waals surface area (Å²) in [5.74, 6) is 0. The Morgan fingerprint density at radius 2 is 1.57 bits per heavy atom. The normalized spacial score (nSPS) is 19.4. The molecule has 2 rings (SSSR count). The van der Waals surface area contributed by atoms with E-state index in [-0.39, 0.29) is 24.9 Å². The molecular formula is C13H13F6NO. The van der Waals surface area contributed by atoms with Crippen molar-refractivity contribution in [3.8, 4) is 0 Å². The summed E-state index contributed by atoms with van der Waals surface area (Å²) >= 11 is 0. The van der Waals surface area contributed by atoms with Crippen LogP contribution in [0.2, 0.25) is 0 Å². The van der Waals surface area contributed by atoms with Crippen molar-refractivity contribution in [2.24, 2.45) is 0 Å². The molecule has 0 spiro atoms. The fourth-order valence-corrected chi connectivity index (χ4v) is 1.99. The van der Waals surface area contributed by atoms with Gasteiger partial charge in [0.15, 0.2) is 0 Å². The molecule has 0 bridgehead atoms. The molecule has 1 unspecified atom stereocenters. The van der Waals surface area contributed by atoms with Gasteiger partial charge in [-0.1, -0.05) is 12.1 Å². The minimum Gasteiger partial charge on any atom is -0.387 e. The minimum atomic E-state index is -4.49. The Hall–Kier alpha value is -1.28. The number of halogens is 6. The standard InChI is InChI=1S/C13H13F6NO/c14-12(15,16)9-3-1-8(2-4-9)10(21)7-20-11(5-6-11)13(17,18)19/h1-4,10,20-21H,5-7H2. The van der Waals surface area contributed by atoms with E-state index in [9.17, 15) is 31.4 Å². The van der Waals surface area contributed by atoms with E-state index in [1.165, 1.54) is 0 Å². The Morgan fingerprint density at radius 1 is 1.05 bits per heavy atom. The van der Waals surface area contributed by atoms with Crippen molar-refractivity contribution in [1.82, 2.24) is 5.32 Å². The summed E-state index contributed by atoms with van der Waals surface area (Å²) in [6.45, 7) is -0.370. The second-order valence-corrected chi connectivity index (χ2v) is 5.10. The van der Waals surface area contributed by atoms with Crippen LogP contribution in [0.25, 0.3) is 0 Å². The summed E-state index contributed by atoms with van der Waals surface area (Å²) in [6.07, 6.45) is -10.3. The molecule has 1 aliphatic rings. The molecule has 1 aromatic rings. The van der Waals surface area contributed by atoms with Gasteiger partial charge in [-0.25, -0.2) is 0 Å². The summed E-state index contributed by atoms with van der Waals surface area (Å²) in [5, 5.41) is 12.0. The zero-order valence-electron chi connectivity index (χ0n) is 10.7. The lowest BCUT2D eigenvalue weighted by atomic mass is 10.1. The monoisotopic (exact) mass is 313 g/mol. The Bertz CT molecular complexity index is 489. The van der Waals surface area contributed by atoms with Crippen molar-refractivity contribution in [3.05, 3.63) is 35.4 Å². The van der Waals surface area contributed by atoms with Crippen LogP contribution < -0.4 is 5.32 Å². The zero-order chi connectivity index (χ0) is 15.9. The molecule has 1 aromatic carbocycles. The quantitative estimate of drug-likeness (QED) is 0.835. The molecule has 2 nitrogen and oxygen atoms in total. The van der Waals surface area contributed by atoms with Crippen LogP contribution in [0.3, 0.4) is 0 Å². The van der Waals surface area contributed by atoms with Crippen LogP contribution in [0.15, 0.2) is 24.3 Å². The topological polar surface area (TPSA) is 32.3 Å². The maximum absolute atomic E-state index is 12.7. The molecule has 8 heteroatoms. The smallest absolute Gasteiger partial charge is 0.387 e. The first-order chi connectivity index (χ1) is 9.55. The van der Waals surface area contributed by atoms with E-state index in [0.717, 1.165) is 24.3 Å². The van der Waals surface area contributed by atoms with Crippen molar-refractivity contribution in [1.29, 1.82) is 0 Å². The third-order valence-electron chi connectivity index (χ3n) is 3.55. The van der Waals surface area contributed by atoms with Crippen LogP contribution in [-0.2, 0) is 6.18 Å². The maximum atomic E-state index is 12.7. The van der Waals surface area contributed by atoms with Crippen molar-refractivity contribution in [3.63, 3.8) is 0 Å². The Labute approximate surface area is 116 Å². The van der Waals surface area contributed by atoms with Crippen molar-refractivity contribution in [2.45, 2.75) is 36.8 Å². The number of hydrogen-bond donors (Lipinski definition) is 2. The SMILES string of the molecule is OC(CNC1(C(F)(F)F)CC1)c1ccc(C(F)(F)F)cc1. The average Bonchev–Trinajstić information content (AvgIpc) is 3.15. The molecular weight excluding hydrogens is 300 g/mol. The predicted molar refractivity (Wildman–Crippen MR) is 62.4 cm³/mol. The average molecular weight is 313 g/mol. The molecule has 1 atom stereocenters. The summed E-state index contributed by atoms with van der Waals surface area (Å²) in [6, 6.07) is 3.69. The van der Waals surface area contributed by atoms with Crippen LogP contribution in [-0.4, -0.2) is 23.4 Å². The van der Waals surface area contributed by atoms with Gasteiger partial charge in [0.05, 0.1) is 11.7 Å². The van der Waals surface area contributed by atoms with Crippen LogP contribution in [0, 0.1) is 0 Å². The van der Waals surface area contributed by atoms with E-state index in [1.54, 1.807) is 0 Å². The lowest BCUT2D eigenvalue weighted by molar-refractivity contribution is -0.166. The lowest BCUT2D eigenvalue weighted by Gasteiger charge is -2.22. The number of alkyl halides is 6. The van der Waals surface area contributed by atoms with Crippen LogP contribution in [0.4, 0.5) is 26.3 Å². The largest absolute Gasteiger partial charge is 0.416 e. The first-order valence-electron chi connectivity index (χ1n) is 6.22. The van der Waals surface area contributed by atoms with Gasteiger partial charge in [-0.3, -0.25) is 0 Å². The van der Waals surface area contributed by atoms with Gasteiger partial charge in [-0.2, -0.15) is 26.3 Å². The molecule has 2 N–H and O–H groups in total. The second kappa shape index (κ2) is 5.17. The van der Waals surface area contributed by atoms with Crippen LogP contribution >= 0.6 is 0 Å². The molecule has 0 radical (unpaired) electrons. The van der Waals surface area contributed by atoms with E-state index in [1.807, 2.05) is 0 Å². The van der Waals surface area contributed by atoms with Crippen LogP contribution in [0.1, 0.15) is 30.1 Å². The summed E-state index contributed by atoms with van der Waals surface area (Å²) in [5.41, 5.74) is -2.70. The van der Waals surface area contributed by atoms with Crippen molar-refractivity contribution < 1.29 is 31.4 Å². The van der Waals surface area contributed by atoms with E-state index in [2.05, 4.69) is 5.32 Å². The number of hydrogen-bond acceptors (Lipinski definition) is 2. The first-order valence-corrected chi connectivity index (χ1v) is 6.22. The first kappa shape index (κ1) is 16.1. The molecule has 0 aromatic heterocycles. The number of aliphatic hydroxyl groups excluding tert-OH is 1. The van der Waals surface area contributed by atoms with E-state index in [0.29, 0.717) is 0 Å². The molecule has 1 aliphatic carbocycles. The predicted octanol–water partition coefficient (Wildman–Crippen LogP) is 3.42. The fraction of sp³-hybridized carbons (Fsp3) is 0.538. The van der Waals surface area contributed by atoms with Gasteiger partial charge in [-0.15, -0.1) is 0 Å².